The van der Waals surface area contributed by atoms with Gasteiger partial charge in [0.15, 0.2) is 9.84 Å². The number of fused-ring (bicyclic) bond motifs is 1. The molecule has 1 saturated heterocycles. The van der Waals surface area contributed by atoms with E-state index in [0.717, 1.165) is 42.2 Å². The summed E-state index contributed by atoms with van der Waals surface area (Å²) >= 11 is 0. The van der Waals surface area contributed by atoms with Crippen LogP contribution in [-0.2, 0) is 33.5 Å². The molecule has 1 aromatic carbocycles. The van der Waals surface area contributed by atoms with Crippen LogP contribution in [0.4, 0.5) is 5.82 Å². The maximum Gasteiger partial charge on any atom is 0.240 e. The van der Waals surface area contributed by atoms with Gasteiger partial charge >= 0.3 is 0 Å². The molecule has 2 aromatic heterocycles. The van der Waals surface area contributed by atoms with Crippen LogP contribution in [-0.4, -0.2) is 48.2 Å². The number of nitrogens with one attached hydrogen (secondary N) is 1. The zero-order valence-electron chi connectivity index (χ0n) is 18.5. The van der Waals surface area contributed by atoms with Gasteiger partial charge in [0.2, 0.25) is 5.91 Å². The summed E-state index contributed by atoms with van der Waals surface area (Å²) in [7, 11) is -3.28. The van der Waals surface area contributed by atoms with Gasteiger partial charge in [-0.05, 0) is 42.5 Å². The van der Waals surface area contributed by atoms with Crippen molar-refractivity contribution in [1.82, 2.24) is 19.9 Å². The molecule has 0 aliphatic carbocycles. The SMILES string of the molecule is CC1CCN(c2ccc(CNC(=O)Cn3c(CS(C)(=O)=O)nc4ccccc43)cn2)CC1. The molecule has 1 N–H and O–H groups in total. The van der Waals surface area contributed by atoms with Gasteiger partial charge in [-0.15, -0.1) is 0 Å². The highest BCUT2D eigenvalue weighted by Gasteiger charge is 2.18. The van der Waals surface area contributed by atoms with E-state index in [4.69, 9.17) is 0 Å². The van der Waals surface area contributed by atoms with Gasteiger partial charge in [0.25, 0.3) is 0 Å². The predicted molar refractivity (Wildman–Crippen MR) is 125 cm³/mol. The molecule has 1 amide bonds. The van der Waals surface area contributed by atoms with Crippen molar-refractivity contribution in [3.8, 4) is 0 Å². The Balaban J connectivity index is 1.40. The molecule has 0 atom stereocenters. The summed E-state index contributed by atoms with van der Waals surface area (Å²) in [5, 5.41) is 2.91. The minimum atomic E-state index is -3.28. The zero-order valence-corrected chi connectivity index (χ0v) is 19.3. The second-order valence-corrected chi connectivity index (χ2v) is 10.8. The topological polar surface area (TPSA) is 97.2 Å². The first-order chi connectivity index (χ1) is 15.3. The van der Waals surface area contributed by atoms with Crippen LogP contribution in [0.15, 0.2) is 42.6 Å². The van der Waals surface area contributed by atoms with E-state index in [1.165, 1.54) is 12.8 Å². The average Bonchev–Trinajstić information content (AvgIpc) is 3.08. The number of hydrogen-bond donors (Lipinski definition) is 1. The Morgan fingerprint density at radius 2 is 1.91 bits per heavy atom. The quantitative estimate of drug-likeness (QED) is 0.588. The monoisotopic (exact) mass is 455 g/mol. The highest BCUT2D eigenvalue weighted by molar-refractivity contribution is 7.89. The molecule has 4 rings (SSSR count). The van der Waals surface area contributed by atoms with Crippen LogP contribution in [0.3, 0.4) is 0 Å². The minimum Gasteiger partial charge on any atom is -0.357 e. The smallest absolute Gasteiger partial charge is 0.240 e. The number of imidazole rings is 1. The molecule has 0 saturated carbocycles. The normalized spacial score (nSPS) is 15.2. The number of aromatic nitrogens is 3. The van der Waals surface area contributed by atoms with E-state index in [1.807, 2.05) is 36.4 Å². The van der Waals surface area contributed by atoms with Crippen molar-refractivity contribution in [3.63, 3.8) is 0 Å². The fourth-order valence-electron chi connectivity index (χ4n) is 3.99. The molecule has 8 nitrogen and oxygen atoms in total. The molecule has 1 fully saturated rings. The van der Waals surface area contributed by atoms with Crippen molar-refractivity contribution >= 4 is 32.6 Å². The summed E-state index contributed by atoms with van der Waals surface area (Å²) < 4.78 is 25.3. The number of hydrogen-bond acceptors (Lipinski definition) is 6. The summed E-state index contributed by atoms with van der Waals surface area (Å²) in [5.41, 5.74) is 2.33. The van der Waals surface area contributed by atoms with Crippen molar-refractivity contribution in [2.24, 2.45) is 5.92 Å². The molecule has 3 heterocycles. The van der Waals surface area contributed by atoms with Crippen LogP contribution in [0, 0.1) is 5.92 Å². The number of sulfone groups is 1. The summed E-state index contributed by atoms with van der Waals surface area (Å²) in [6, 6.07) is 11.3. The fourth-order valence-corrected chi connectivity index (χ4v) is 4.68. The first-order valence-corrected chi connectivity index (χ1v) is 12.9. The summed E-state index contributed by atoms with van der Waals surface area (Å²) in [4.78, 5) is 23.9. The summed E-state index contributed by atoms with van der Waals surface area (Å²) in [6.07, 6.45) is 5.33. The Hall–Kier alpha value is -2.94. The van der Waals surface area contributed by atoms with E-state index in [2.05, 4.69) is 27.1 Å². The van der Waals surface area contributed by atoms with Crippen molar-refractivity contribution in [1.29, 1.82) is 0 Å². The van der Waals surface area contributed by atoms with Crippen molar-refractivity contribution < 1.29 is 13.2 Å². The van der Waals surface area contributed by atoms with E-state index in [-0.39, 0.29) is 18.2 Å². The van der Waals surface area contributed by atoms with Gasteiger partial charge in [-0.1, -0.05) is 25.1 Å². The van der Waals surface area contributed by atoms with Crippen LogP contribution < -0.4 is 10.2 Å². The van der Waals surface area contributed by atoms with Crippen molar-refractivity contribution in [3.05, 3.63) is 54.0 Å². The third-order valence-electron chi connectivity index (χ3n) is 5.83. The van der Waals surface area contributed by atoms with Crippen LogP contribution >= 0.6 is 0 Å². The lowest BCUT2D eigenvalue weighted by molar-refractivity contribution is -0.121. The molecule has 32 heavy (non-hydrogen) atoms. The molecule has 1 aliphatic heterocycles. The van der Waals surface area contributed by atoms with Crippen LogP contribution in [0.1, 0.15) is 31.2 Å². The standard InChI is InChI=1S/C23H29N5O3S/c1-17-9-11-27(12-10-17)21-8-7-18(13-24-21)14-25-23(29)15-28-20-6-4-3-5-19(20)26-22(28)16-32(2,30)31/h3-8,13,17H,9-12,14-16H2,1-2H3,(H,25,29). The third-order valence-corrected chi connectivity index (χ3v) is 6.62. The highest BCUT2D eigenvalue weighted by atomic mass is 32.2. The van der Waals surface area contributed by atoms with E-state index in [0.29, 0.717) is 17.9 Å². The van der Waals surface area contributed by atoms with Gasteiger partial charge in [-0.2, -0.15) is 0 Å². The second-order valence-electron chi connectivity index (χ2n) is 8.64. The van der Waals surface area contributed by atoms with Crippen molar-refractivity contribution in [2.75, 3.05) is 24.2 Å². The molecule has 3 aromatic rings. The van der Waals surface area contributed by atoms with Crippen LogP contribution in [0.25, 0.3) is 11.0 Å². The van der Waals surface area contributed by atoms with E-state index in [1.54, 1.807) is 10.8 Å². The lowest BCUT2D eigenvalue weighted by Crippen LogP contribution is -2.33. The fraction of sp³-hybridized carbons (Fsp3) is 0.435. The third kappa shape index (κ3) is 5.45. The Morgan fingerprint density at radius 3 is 2.59 bits per heavy atom. The molecule has 0 bridgehead atoms. The number of carbonyl (C=O) groups is 1. The number of amides is 1. The number of nitrogens with zero attached hydrogens (tertiary/aromatic N) is 4. The Labute approximate surface area is 188 Å². The average molecular weight is 456 g/mol. The van der Waals surface area contributed by atoms with Crippen LogP contribution in [0.5, 0.6) is 0 Å². The Morgan fingerprint density at radius 1 is 1.16 bits per heavy atom. The molecule has 0 unspecified atom stereocenters. The van der Waals surface area contributed by atoms with Crippen LogP contribution in [0.2, 0.25) is 0 Å². The van der Waals surface area contributed by atoms with Gasteiger partial charge < -0.3 is 14.8 Å². The lowest BCUT2D eigenvalue weighted by Gasteiger charge is -2.31. The first kappa shape index (κ1) is 22.3. The Bertz CT molecular complexity index is 1200. The zero-order chi connectivity index (χ0) is 22.7. The number of para-hydroxylation sites is 2. The molecule has 170 valence electrons. The molecule has 0 spiro atoms. The number of carbonyl (C=O) groups excluding carboxylic acids is 1. The Kier molecular flexibility index (Phi) is 6.45. The van der Waals surface area contributed by atoms with Gasteiger partial charge in [0.05, 0.1) is 11.0 Å². The van der Waals surface area contributed by atoms with Crippen molar-refractivity contribution in [2.45, 2.75) is 38.6 Å². The van der Waals surface area contributed by atoms with E-state index < -0.39 is 9.84 Å². The lowest BCUT2D eigenvalue weighted by atomic mass is 9.99. The maximum absolute atomic E-state index is 12.7. The molecular weight excluding hydrogens is 426 g/mol. The van der Waals surface area contributed by atoms with E-state index in [9.17, 15) is 13.2 Å². The van der Waals surface area contributed by atoms with Gasteiger partial charge in [0, 0.05) is 32.1 Å². The predicted octanol–water partition coefficient (Wildman–Crippen LogP) is 2.53. The number of piperidine rings is 1. The molecule has 0 radical (unpaired) electrons. The molecular formula is C23H29N5O3S. The van der Waals surface area contributed by atoms with E-state index >= 15 is 0 Å². The first-order valence-electron chi connectivity index (χ1n) is 10.9. The number of anilines is 1. The maximum atomic E-state index is 12.7. The summed E-state index contributed by atoms with van der Waals surface area (Å²) in [6.45, 7) is 4.70. The second kappa shape index (κ2) is 9.28. The van der Waals surface area contributed by atoms with Gasteiger partial charge in [-0.25, -0.2) is 18.4 Å². The number of pyridine rings is 1. The number of rotatable bonds is 7. The highest BCUT2D eigenvalue weighted by Crippen LogP contribution is 2.21. The number of benzene rings is 1. The van der Waals surface area contributed by atoms with Gasteiger partial charge in [0.1, 0.15) is 23.9 Å². The summed E-state index contributed by atoms with van der Waals surface area (Å²) in [5.74, 6) is 1.69. The largest absolute Gasteiger partial charge is 0.357 e. The minimum absolute atomic E-state index is 0.00282. The molecule has 1 aliphatic rings. The molecule has 9 heteroatoms. The van der Waals surface area contributed by atoms with Gasteiger partial charge in [-0.3, -0.25) is 4.79 Å².